The third-order valence-corrected chi connectivity index (χ3v) is 3.87. The first kappa shape index (κ1) is 12.6. The number of benzene rings is 1. The summed E-state index contributed by atoms with van der Waals surface area (Å²) in [5.41, 5.74) is 9.98. The van der Waals surface area contributed by atoms with Gasteiger partial charge in [0.15, 0.2) is 0 Å². The van der Waals surface area contributed by atoms with Gasteiger partial charge in [-0.2, -0.15) is 0 Å². The van der Waals surface area contributed by atoms with Crippen LogP contribution in [0.25, 0.3) is 0 Å². The first-order chi connectivity index (χ1) is 8.15. The van der Waals surface area contributed by atoms with Crippen LogP contribution >= 0.6 is 0 Å². The Bertz CT molecular complexity index is 367. The van der Waals surface area contributed by atoms with Crippen molar-refractivity contribution in [1.29, 1.82) is 0 Å². The summed E-state index contributed by atoms with van der Waals surface area (Å²) in [4.78, 5) is 0. The molecule has 0 amide bonds. The average molecular weight is 232 g/mol. The summed E-state index contributed by atoms with van der Waals surface area (Å²) in [6.45, 7) is 6.56. The van der Waals surface area contributed by atoms with E-state index in [0.717, 1.165) is 25.4 Å². The Morgan fingerprint density at radius 2 is 2.00 bits per heavy atom. The summed E-state index contributed by atoms with van der Waals surface area (Å²) in [5.74, 6) is 0.824. The fourth-order valence-electron chi connectivity index (χ4n) is 2.45. The van der Waals surface area contributed by atoms with Gasteiger partial charge < -0.3 is 11.1 Å². The summed E-state index contributed by atoms with van der Waals surface area (Å²) < 4.78 is 0. The Labute approximate surface area is 105 Å². The maximum absolute atomic E-state index is 5.77. The Morgan fingerprint density at radius 1 is 1.24 bits per heavy atom. The quantitative estimate of drug-likeness (QED) is 0.764. The minimum absolute atomic E-state index is 0.474. The minimum Gasteiger partial charge on any atom is -0.328 e. The van der Waals surface area contributed by atoms with Gasteiger partial charge in [0.05, 0.1) is 0 Å². The van der Waals surface area contributed by atoms with Crippen molar-refractivity contribution in [2.24, 2.45) is 11.7 Å². The van der Waals surface area contributed by atoms with Crippen LogP contribution in [-0.4, -0.2) is 19.1 Å². The van der Waals surface area contributed by atoms with Crippen LogP contribution in [-0.2, 0) is 6.42 Å². The van der Waals surface area contributed by atoms with Gasteiger partial charge in [0, 0.05) is 6.04 Å². The van der Waals surface area contributed by atoms with Gasteiger partial charge in [-0.15, -0.1) is 0 Å². The van der Waals surface area contributed by atoms with Crippen molar-refractivity contribution in [3.8, 4) is 0 Å². The highest BCUT2D eigenvalue weighted by Crippen LogP contribution is 2.24. The van der Waals surface area contributed by atoms with Crippen LogP contribution in [0.15, 0.2) is 18.2 Å². The molecule has 0 aliphatic heterocycles. The zero-order chi connectivity index (χ0) is 12.3. The number of aryl methyl sites for hydroxylation is 2. The molecule has 17 heavy (non-hydrogen) atoms. The van der Waals surface area contributed by atoms with E-state index in [1.54, 1.807) is 0 Å². The molecule has 0 spiro atoms. The van der Waals surface area contributed by atoms with E-state index < -0.39 is 0 Å². The largest absolute Gasteiger partial charge is 0.328 e. The second-order valence-corrected chi connectivity index (χ2v) is 5.47. The van der Waals surface area contributed by atoms with Gasteiger partial charge >= 0.3 is 0 Å². The lowest BCUT2D eigenvalue weighted by atomic mass is 9.81. The molecule has 1 aliphatic rings. The van der Waals surface area contributed by atoms with E-state index in [1.165, 1.54) is 29.5 Å². The van der Waals surface area contributed by atoms with E-state index in [9.17, 15) is 0 Å². The maximum Gasteiger partial charge on any atom is 0.00450 e. The van der Waals surface area contributed by atoms with Gasteiger partial charge in [-0.25, -0.2) is 0 Å². The number of nitrogens with one attached hydrogen (secondary N) is 1. The zero-order valence-electron chi connectivity index (χ0n) is 11.0. The fraction of sp³-hybridized carbons (Fsp3) is 0.600. The SMILES string of the molecule is Cc1ccc(CCNCC2CC(N)C2)cc1C. The van der Waals surface area contributed by atoms with Crippen LogP contribution in [0.1, 0.15) is 29.5 Å². The van der Waals surface area contributed by atoms with Gasteiger partial charge in [0.1, 0.15) is 0 Å². The third-order valence-electron chi connectivity index (χ3n) is 3.87. The summed E-state index contributed by atoms with van der Waals surface area (Å²) in [7, 11) is 0. The van der Waals surface area contributed by atoms with E-state index in [0.29, 0.717) is 6.04 Å². The van der Waals surface area contributed by atoms with Gasteiger partial charge in [-0.1, -0.05) is 18.2 Å². The molecule has 2 nitrogen and oxygen atoms in total. The minimum atomic E-state index is 0.474. The summed E-state index contributed by atoms with van der Waals surface area (Å²) in [5, 5.41) is 3.53. The van der Waals surface area contributed by atoms with Crippen molar-refractivity contribution in [2.45, 2.75) is 39.2 Å². The molecular formula is C15H24N2. The van der Waals surface area contributed by atoms with Gasteiger partial charge in [-0.05, 0) is 68.8 Å². The summed E-state index contributed by atoms with van der Waals surface area (Å²) >= 11 is 0. The van der Waals surface area contributed by atoms with Gasteiger partial charge in [0.25, 0.3) is 0 Å². The molecule has 1 aliphatic carbocycles. The van der Waals surface area contributed by atoms with E-state index in [-0.39, 0.29) is 0 Å². The van der Waals surface area contributed by atoms with Crippen molar-refractivity contribution < 1.29 is 0 Å². The molecule has 1 aromatic carbocycles. The van der Waals surface area contributed by atoms with E-state index in [4.69, 9.17) is 5.73 Å². The van der Waals surface area contributed by atoms with Crippen molar-refractivity contribution in [3.05, 3.63) is 34.9 Å². The zero-order valence-corrected chi connectivity index (χ0v) is 11.0. The standard InChI is InChI=1S/C15H24N2/c1-11-3-4-13(7-12(11)2)5-6-17-10-14-8-15(16)9-14/h3-4,7,14-15,17H,5-6,8-10,16H2,1-2H3. The Kier molecular flexibility index (Phi) is 4.19. The molecule has 94 valence electrons. The molecule has 2 heteroatoms. The number of hydrogen-bond acceptors (Lipinski definition) is 2. The van der Waals surface area contributed by atoms with Crippen LogP contribution in [0.2, 0.25) is 0 Å². The van der Waals surface area contributed by atoms with Crippen molar-refractivity contribution in [3.63, 3.8) is 0 Å². The number of nitrogens with two attached hydrogens (primary N) is 1. The molecule has 0 aromatic heterocycles. The predicted molar refractivity (Wildman–Crippen MR) is 73.2 cm³/mol. The van der Waals surface area contributed by atoms with E-state index in [2.05, 4.69) is 37.4 Å². The Morgan fingerprint density at radius 3 is 2.65 bits per heavy atom. The van der Waals surface area contributed by atoms with Crippen LogP contribution in [0, 0.1) is 19.8 Å². The van der Waals surface area contributed by atoms with Crippen LogP contribution in [0.4, 0.5) is 0 Å². The van der Waals surface area contributed by atoms with Crippen LogP contribution in [0.5, 0.6) is 0 Å². The molecule has 2 rings (SSSR count). The number of rotatable bonds is 5. The molecule has 1 fully saturated rings. The molecule has 0 bridgehead atoms. The molecule has 3 N–H and O–H groups in total. The first-order valence-corrected chi connectivity index (χ1v) is 6.67. The van der Waals surface area contributed by atoms with E-state index in [1.807, 2.05) is 0 Å². The van der Waals surface area contributed by atoms with Crippen LogP contribution < -0.4 is 11.1 Å². The highest BCUT2D eigenvalue weighted by molar-refractivity contribution is 5.30. The number of hydrogen-bond donors (Lipinski definition) is 2. The molecule has 1 saturated carbocycles. The fourth-order valence-corrected chi connectivity index (χ4v) is 2.45. The Balaban J connectivity index is 1.66. The molecule has 0 unspecified atom stereocenters. The average Bonchev–Trinajstić information content (AvgIpc) is 2.26. The highest BCUT2D eigenvalue weighted by Gasteiger charge is 2.24. The van der Waals surface area contributed by atoms with Crippen molar-refractivity contribution in [2.75, 3.05) is 13.1 Å². The van der Waals surface area contributed by atoms with Crippen molar-refractivity contribution in [1.82, 2.24) is 5.32 Å². The second kappa shape index (κ2) is 5.65. The van der Waals surface area contributed by atoms with Crippen LogP contribution in [0.3, 0.4) is 0 Å². The molecule has 0 heterocycles. The lowest BCUT2D eigenvalue weighted by Gasteiger charge is -2.32. The lowest BCUT2D eigenvalue weighted by Crippen LogP contribution is -2.41. The van der Waals surface area contributed by atoms with Gasteiger partial charge in [-0.3, -0.25) is 0 Å². The first-order valence-electron chi connectivity index (χ1n) is 6.67. The van der Waals surface area contributed by atoms with E-state index >= 15 is 0 Å². The molecule has 0 atom stereocenters. The lowest BCUT2D eigenvalue weighted by molar-refractivity contribution is 0.257. The molecule has 1 aromatic rings. The monoisotopic (exact) mass is 232 g/mol. The normalized spacial score (nSPS) is 23.5. The topological polar surface area (TPSA) is 38.0 Å². The maximum atomic E-state index is 5.77. The second-order valence-electron chi connectivity index (χ2n) is 5.47. The van der Waals surface area contributed by atoms with Crippen molar-refractivity contribution >= 4 is 0 Å². The smallest absolute Gasteiger partial charge is 0.00450 e. The summed E-state index contributed by atoms with van der Waals surface area (Å²) in [6.07, 6.45) is 3.53. The molecular weight excluding hydrogens is 208 g/mol. The molecule has 0 saturated heterocycles. The summed E-state index contributed by atoms with van der Waals surface area (Å²) in [6, 6.07) is 7.23. The van der Waals surface area contributed by atoms with Gasteiger partial charge in [0.2, 0.25) is 0 Å². The predicted octanol–water partition coefficient (Wildman–Crippen LogP) is 2.17. The Hall–Kier alpha value is -0.860. The highest BCUT2D eigenvalue weighted by atomic mass is 14.9. The molecule has 0 radical (unpaired) electrons. The third kappa shape index (κ3) is 3.55.